The molecule has 10 nitrogen and oxygen atoms in total. The van der Waals surface area contributed by atoms with Crippen LogP contribution < -0.4 is 0 Å². The number of nitro groups is 2. The van der Waals surface area contributed by atoms with Crippen LogP contribution in [0.2, 0.25) is 0 Å². The lowest BCUT2D eigenvalue weighted by molar-refractivity contribution is -0.564. The van der Waals surface area contributed by atoms with E-state index < -0.39 is 44.6 Å². The standard InChI is InChI=1S/C16H18N2O8/c1-9(19)15(21)7-12(11-3-5-13(6-4-11)17(23)24)8-16(22,10(2)20)14(15)18(25)26/h3-6,12,14,21-22H,7-8H2,1-2H3/t12?,14?,15-,16+. The summed E-state index contributed by atoms with van der Waals surface area (Å²) < 4.78 is 0. The van der Waals surface area contributed by atoms with Crippen LogP contribution in [0.25, 0.3) is 0 Å². The zero-order chi connectivity index (χ0) is 19.9. The zero-order valence-corrected chi connectivity index (χ0v) is 14.1. The molecule has 4 atom stereocenters. The van der Waals surface area contributed by atoms with Crippen LogP contribution in [0.4, 0.5) is 5.69 Å². The molecule has 0 radical (unpaired) electrons. The van der Waals surface area contributed by atoms with Crippen LogP contribution in [-0.4, -0.2) is 48.9 Å². The van der Waals surface area contributed by atoms with Crippen molar-refractivity contribution in [2.75, 3.05) is 0 Å². The van der Waals surface area contributed by atoms with Crippen molar-refractivity contribution in [3.05, 3.63) is 50.1 Å². The van der Waals surface area contributed by atoms with Gasteiger partial charge in [0.25, 0.3) is 11.7 Å². The number of nitrogens with zero attached hydrogens (tertiary/aromatic N) is 2. The summed E-state index contributed by atoms with van der Waals surface area (Å²) in [6.45, 7) is 1.91. The third-order valence-electron chi connectivity index (χ3n) is 5.03. The van der Waals surface area contributed by atoms with E-state index in [0.29, 0.717) is 5.56 Å². The Labute approximate surface area is 147 Å². The lowest BCUT2D eigenvalue weighted by atomic mass is 9.62. The number of carbonyl (C=O) groups is 2. The van der Waals surface area contributed by atoms with Gasteiger partial charge >= 0.3 is 0 Å². The minimum atomic E-state index is -2.55. The van der Waals surface area contributed by atoms with Gasteiger partial charge in [-0.25, -0.2) is 0 Å². The number of rotatable bonds is 5. The molecular weight excluding hydrogens is 348 g/mol. The van der Waals surface area contributed by atoms with Crippen molar-refractivity contribution in [2.24, 2.45) is 0 Å². The predicted molar refractivity (Wildman–Crippen MR) is 87.1 cm³/mol. The van der Waals surface area contributed by atoms with Crippen molar-refractivity contribution < 1.29 is 29.6 Å². The molecule has 26 heavy (non-hydrogen) atoms. The second-order valence-corrected chi connectivity index (χ2v) is 6.60. The van der Waals surface area contributed by atoms with Gasteiger partial charge in [-0.15, -0.1) is 0 Å². The van der Waals surface area contributed by atoms with E-state index in [1.807, 2.05) is 0 Å². The Balaban J connectivity index is 2.55. The Hall–Kier alpha value is -2.72. The van der Waals surface area contributed by atoms with E-state index >= 15 is 0 Å². The maximum Gasteiger partial charge on any atom is 0.283 e. The molecule has 1 saturated carbocycles. The second-order valence-electron chi connectivity index (χ2n) is 6.60. The fourth-order valence-electron chi connectivity index (χ4n) is 3.57. The van der Waals surface area contributed by atoms with Crippen LogP contribution in [0.5, 0.6) is 0 Å². The predicted octanol–water partition coefficient (Wildman–Crippen LogP) is 0.758. The van der Waals surface area contributed by atoms with E-state index in [1.165, 1.54) is 24.3 Å². The quantitative estimate of drug-likeness (QED) is 0.570. The van der Waals surface area contributed by atoms with Gasteiger partial charge in [-0.2, -0.15) is 0 Å². The first kappa shape index (κ1) is 19.6. The van der Waals surface area contributed by atoms with Crippen molar-refractivity contribution in [3.8, 4) is 0 Å². The summed E-state index contributed by atoms with van der Waals surface area (Å²) in [5.74, 6) is -2.66. The number of nitro benzene ring substituents is 1. The normalized spacial score (nSPS) is 31.2. The molecule has 1 fully saturated rings. The number of benzene rings is 1. The van der Waals surface area contributed by atoms with E-state index in [0.717, 1.165) is 13.8 Å². The molecule has 10 heteroatoms. The average molecular weight is 366 g/mol. The van der Waals surface area contributed by atoms with E-state index in [-0.39, 0.29) is 18.5 Å². The Bertz CT molecular complexity index is 747. The van der Waals surface area contributed by atoms with Gasteiger partial charge in [-0.1, -0.05) is 12.1 Å². The van der Waals surface area contributed by atoms with Crippen molar-refractivity contribution in [1.82, 2.24) is 0 Å². The summed E-state index contributed by atoms with van der Waals surface area (Å²) >= 11 is 0. The van der Waals surface area contributed by atoms with E-state index in [2.05, 4.69) is 0 Å². The third-order valence-corrected chi connectivity index (χ3v) is 5.03. The van der Waals surface area contributed by atoms with Crippen LogP contribution in [0, 0.1) is 20.2 Å². The Kier molecular flexibility index (Phi) is 4.93. The summed E-state index contributed by atoms with van der Waals surface area (Å²) in [5, 5.41) is 43.7. The summed E-state index contributed by atoms with van der Waals surface area (Å²) in [6.07, 6.45) is -0.775. The second kappa shape index (κ2) is 6.54. The van der Waals surface area contributed by atoms with Gasteiger partial charge in [-0.05, 0) is 38.2 Å². The highest BCUT2D eigenvalue weighted by molar-refractivity contribution is 5.91. The number of hydrogen-bond acceptors (Lipinski definition) is 8. The van der Waals surface area contributed by atoms with Gasteiger partial charge in [0, 0.05) is 17.1 Å². The SMILES string of the molecule is CC(=O)[C@]1(O)CC(c2ccc([N+](=O)[O-])cc2)C[C@](O)(C(C)=O)C1[N+](=O)[O-]. The summed E-state index contributed by atoms with van der Waals surface area (Å²) in [7, 11) is 0. The fourth-order valence-corrected chi connectivity index (χ4v) is 3.57. The number of Topliss-reactive ketones (excluding diaryl/α,β-unsaturated/α-hetero) is 2. The number of hydrogen-bond donors (Lipinski definition) is 2. The summed E-state index contributed by atoms with van der Waals surface area (Å²) in [4.78, 5) is 44.6. The van der Waals surface area contributed by atoms with Crippen LogP contribution in [0.3, 0.4) is 0 Å². The molecule has 0 heterocycles. The Morgan fingerprint density at radius 3 is 1.73 bits per heavy atom. The molecular formula is C16H18N2O8. The molecule has 1 aliphatic rings. The molecule has 2 rings (SSSR count). The highest BCUT2D eigenvalue weighted by atomic mass is 16.6. The molecule has 1 aromatic rings. The highest BCUT2D eigenvalue weighted by Gasteiger charge is 2.67. The van der Waals surface area contributed by atoms with Crippen LogP contribution >= 0.6 is 0 Å². The Morgan fingerprint density at radius 1 is 1.00 bits per heavy atom. The fraction of sp³-hybridized carbons (Fsp3) is 0.500. The third kappa shape index (κ3) is 3.08. The molecule has 140 valence electrons. The number of ketones is 2. The van der Waals surface area contributed by atoms with Crippen LogP contribution in [-0.2, 0) is 9.59 Å². The van der Waals surface area contributed by atoms with Gasteiger partial charge < -0.3 is 10.2 Å². The number of carbonyl (C=O) groups excluding carboxylic acids is 2. The molecule has 1 aromatic carbocycles. The molecule has 0 aliphatic heterocycles. The molecule has 1 aliphatic carbocycles. The first-order valence-electron chi connectivity index (χ1n) is 7.78. The monoisotopic (exact) mass is 366 g/mol. The maximum absolute atomic E-state index is 12.0. The molecule has 2 unspecified atom stereocenters. The molecule has 2 N–H and O–H groups in total. The van der Waals surface area contributed by atoms with E-state index in [4.69, 9.17) is 0 Å². The smallest absolute Gasteiger partial charge is 0.283 e. The summed E-state index contributed by atoms with van der Waals surface area (Å²) in [6, 6.07) is 2.95. The average Bonchev–Trinajstić information content (AvgIpc) is 2.53. The first-order chi connectivity index (χ1) is 11.9. The topological polar surface area (TPSA) is 161 Å². The van der Waals surface area contributed by atoms with Crippen LogP contribution in [0.1, 0.15) is 38.2 Å². The number of aliphatic hydroxyl groups is 2. The zero-order valence-electron chi connectivity index (χ0n) is 14.1. The van der Waals surface area contributed by atoms with Gasteiger partial charge in [0.1, 0.15) is 0 Å². The van der Waals surface area contributed by atoms with Gasteiger partial charge in [-0.3, -0.25) is 29.8 Å². The van der Waals surface area contributed by atoms with Crippen molar-refractivity contribution >= 4 is 17.3 Å². The van der Waals surface area contributed by atoms with E-state index in [1.54, 1.807) is 0 Å². The van der Waals surface area contributed by atoms with Gasteiger partial charge in [0.05, 0.1) is 4.92 Å². The lowest BCUT2D eigenvalue weighted by Gasteiger charge is -2.44. The van der Waals surface area contributed by atoms with Crippen molar-refractivity contribution in [3.63, 3.8) is 0 Å². The maximum atomic E-state index is 12.0. The molecule has 0 amide bonds. The van der Waals surface area contributed by atoms with Crippen molar-refractivity contribution in [2.45, 2.75) is 49.9 Å². The van der Waals surface area contributed by atoms with Gasteiger partial charge in [0.15, 0.2) is 22.8 Å². The molecule has 0 aromatic heterocycles. The Morgan fingerprint density at radius 2 is 1.42 bits per heavy atom. The van der Waals surface area contributed by atoms with Crippen molar-refractivity contribution in [1.29, 1.82) is 0 Å². The summed E-state index contributed by atoms with van der Waals surface area (Å²) in [5.41, 5.74) is -4.86. The highest BCUT2D eigenvalue weighted by Crippen LogP contribution is 2.46. The van der Waals surface area contributed by atoms with Gasteiger partial charge in [0.2, 0.25) is 0 Å². The lowest BCUT2D eigenvalue weighted by Crippen LogP contribution is -2.69. The minimum absolute atomic E-state index is 0.184. The van der Waals surface area contributed by atoms with Crippen LogP contribution in [0.15, 0.2) is 24.3 Å². The molecule has 0 saturated heterocycles. The van der Waals surface area contributed by atoms with E-state index in [9.17, 15) is 40.0 Å². The first-order valence-corrected chi connectivity index (χ1v) is 7.78. The largest absolute Gasteiger partial charge is 0.376 e. The minimum Gasteiger partial charge on any atom is -0.376 e. The molecule has 0 spiro atoms. The number of non-ortho nitro benzene ring substituents is 1. The molecule has 0 bridgehead atoms.